The first-order valence-corrected chi connectivity index (χ1v) is 7.54. The summed E-state index contributed by atoms with van der Waals surface area (Å²) in [6.45, 7) is 4.83. The number of rotatable bonds is 3. The highest BCUT2D eigenvalue weighted by atomic mass is 16.2. The molecule has 3 nitrogen and oxygen atoms in total. The Labute approximate surface area is 131 Å². The third-order valence-corrected chi connectivity index (χ3v) is 4.09. The predicted octanol–water partition coefficient (Wildman–Crippen LogP) is 3.40. The van der Waals surface area contributed by atoms with E-state index in [-0.39, 0.29) is 12.1 Å². The minimum atomic E-state index is -0.0137. The number of amides is 1. The van der Waals surface area contributed by atoms with Gasteiger partial charge >= 0.3 is 0 Å². The van der Waals surface area contributed by atoms with Gasteiger partial charge in [0.25, 0.3) is 5.91 Å². The zero-order chi connectivity index (χ0) is 15.5. The molecule has 3 rings (SSSR count). The molecule has 0 bridgehead atoms. The number of nitrogens with one attached hydrogen (secondary N) is 1. The lowest BCUT2D eigenvalue weighted by Gasteiger charge is -2.38. The van der Waals surface area contributed by atoms with Crippen molar-refractivity contribution in [1.29, 1.82) is 0 Å². The molecule has 1 atom stereocenters. The average molecular weight is 292 g/mol. The molecule has 0 saturated carbocycles. The molecule has 1 heterocycles. The summed E-state index contributed by atoms with van der Waals surface area (Å²) in [6.07, 6.45) is -0.0137. The largest absolute Gasteiger partial charge is 0.350 e. The number of hydrogen-bond donors (Lipinski definition) is 1. The Balaban J connectivity index is 1.99. The first-order valence-electron chi connectivity index (χ1n) is 7.54. The zero-order valence-electron chi connectivity index (χ0n) is 12.9. The highest BCUT2D eigenvalue weighted by Crippen LogP contribution is 2.27. The van der Waals surface area contributed by atoms with Gasteiger partial charge in [-0.25, -0.2) is 0 Å². The Hall–Kier alpha value is -2.55. The SMILES string of the molecule is CC1=C(c2ccccc2)C(=O)NC(C)N1Cc1ccccc1. The maximum atomic E-state index is 12.4. The normalized spacial score (nSPS) is 18.4. The number of benzene rings is 2. The minimum Gasteiger partial charge on any atom is -0.350 e. The van der Waals surface area contributed by atoms with E-state index < -0.39 is 0 Å². The van der Waals surface area contributed by atoms with Crippen LogP contribution in [0.2, 0.25) is 0 Å². The van der Waals surface area contributed by atoms with Crippen molar-refractivity contribution in [3.63, 3.8) is 0 Å². The molecule has 0 saturated heterocycles. The summed E-state index contributed by atoms with van der Waals surface area (Å²) < 4.78 is 0. The highest BCUT2D eigenvalue weighted by molar-refractivity contribution is 6.21. The van der Waals surface area contributed by atoms with Crippen molar-refractivity contribution in [2.75, 3.05) is 0 Å². The van der Waals surface area contributed by atoms with E-state index in [1.807, 2.05) is 62.4 Å². The van der Waals surface area contributed by atoms with Crippen molar-refractivity contribution in [3.8, 4) is 0 Å². The van der Waals surface area contributed by atoms with Gasteiger partial charge in [-0.3, -0.25) is 4.79 Å². The second-order valence-electron chi connectivity index (χ2n) is 5.59. The molecule has 1 aliphatic heterocycles. The topological polar surface area (TPSA) is 32.3 Å². The van der Waals surface area contributed by atoms with E-state index in [1.54, 1.807) is 0 Å². The lowest BCUT2D eigenvalue weighted by Crippen LogP contribution is -2.49. The van der Waals surface area contributed by atoms with Gasteiger partial charge in [0.15, 0.2) is 0 Å². The molecule has 1 aliphatic rings. The van der Waals surface area contributed by atoms with E-state index >= 15 is 0 Å². The van der Waals surface area contributed by atoms with Crippen molar-refractivity contribution in [1.82, 2.24) is 10.2 Å². The Morgan fingerprint density at radius 1 is 1.00 bits per heavy atom. The first kappa shape index (κ1) is 14.4. The number of allylic oxidation sites excluding steroid dienone is 1. The molecule has 0 aliphatic carbocycles. The average Bonchev–Trinajstić information content (AvgIpc) is 2.53. The molecule has 1 N–H and O–H groups in total. The fourth-order valence-corrected chi connectivity index (χ4v) is 2.92. The van der Waals surface area contributed by atoms with Gasteiger partial charge in [0.05, 0.1) is 11.7 Å². The molecule has 0 aromatic heterocycles. The van der Waals surface area contributed by atoms with E-state index in [9.17, 15) is 4.79 Å². The van der Waals surface area contributed by atoms with Crippen LogP contribution in [0.3, 0.4) is 0 Å². The molecule has 1 amide bonds. The fraction of sp³-hybridized carbons (Fsp3) is 0.211. The molecule has 0 radical (unpaired) electrons. The van der Waals surface area contributed by atoms with Crippen molar-refractivity contribution < 1.29 is 4.79 Å². The molecule has 1 unspecified atom stereocenters. The summed E-state index contributed by atoms with van der Waals surface area (Å²) >= 11 is 0. The number of carbonyl (C=O) groups excluding carboxylic acids is 1. The van der Waals surface area contributed by atoms with Crippen LogP contribution in [0.5, 0.6) is 0 Å². The second-order valence-corrected chi connectivity index (χ2v) is 5.59. The predicted molar refractivity (Wildman–Crippen MR) is 88.6 cm³/mol. The molecule has 0 fully saturated rings. The van der Waals surface area contributed by atoms with Crippen LogP contribution in [0.25, 0.3) is 5.57 Å². The van der Waals surface area contributed by atoms with Crippen LogP contribution < -0.4 is 5.32 Å². The molecule has 112 valence electrons. The molecule has 0 spiro atoms. The van der Waals surface area contributed by atoms with Crippen LogP contribution in [-0.4, -0.2) is 17.0 Å². The van der Waals surface area contributed by atoms with E-state index in [2.05, 4.69) is 22.3 Å². The van der Waals surface area contributed by atoms with Crippen LogP contribution in [-0.2, 0) is 11.3 Å². The van der Waals surface area contributed by atoms with Gasteiger partial charge in [-0.1, -0.05) is 60.7 Å². The minimum absolute atomic E-state index is 0.000474. The van der Waals surface area contributed by atoms with Crippen molar-refractivity contribution in [3.05, 3.63) is 77.5 Å². The number of nitrogens with zero attached hydrogens (tertiary/aromatic N) is 1. The monoisotopic (exact) mass is 292 g/mol. The quantitative estimate of drug-likeness (QED) is 0.940. The summed E-state index contributed by atoms with van der Waals surface area (Å²) in [4.78, 5) is 14.7. The van der Waals surface area contributed by atoms with Gasteiger partial charge in [-0.05, 0) is 25.0 Å². The maximum absolute atomic E-state index is 12.4. The maximum Gasteiger partial charge on any atom is 0.255 e. The Morgan fingerprint density at radius 3 is 2.23 bits per heavy atom. The second kappa shape index (κ2) is 6.06. The molecular formula is C19H20N2O. The first-order chi connectivity index (χ1) is 10.7. The van der Waals surface area contributed by atoms with Gasteiger partial charge in [-0.2, -0.15) is 0 Å². The summed E-state index contributed by atoms with van der Waals surface area (Å²) in [6, 6.07) is 20.2. The third-order valence-electron chi connectivity index (χ3n) is 4.09. The number of hydrogen-bond acceptors (Lipinski definition) is 2. The fourth-order valence-electron chi connectivity index (χ4n) is 2.92. The van der Waals surface area contributed by atoms with Gasteiger partial charge in [0.1, 0.15) is 0 Å². The summed E-state index contributed by atoms with van der Waals surface area (Å²) in [7, 11) is 0. The lowest BCUT2D eigenvalue weighted by molar-refractivity contribution is -0.118. The van der Waals surface area contributed by atoms with Gasteiger partial charge in [0, 0.05) is 12.2 Å². The standard InChI is InChI=1S/C19H20N2O/c1-14-18(17-11-7-4-8-12-17)19(22)20-15(2)21(14)13-16-9-5-3-6-10-16/h3-12,15H,13H2,1-2H3,(H,20,22). The summed E-state index contributed by atoms with van der Waals surface area (Å²) in [5.74, 6) is 0.000474. The van der Waals surface area contributed by atoms with E-state index in [0.717, 1.165) is 23.4 Å². The van der Waals surface area contributed by atoms with Crippen LogP contribution >= 0.6 is 0 Å². The number of carbonyl (C=O) groups is 1. The van der Waals surface area contributed by atoms with E-state index in [1.165, 1.54) is 5.56 Å². The molecule has 3 heteroatoms. The highest BCUT2D eigenvalue weighted by Gasteiger charge is 2.28. The van der Waals surface area contributed by atoms with Gasteiger partial charge in [-0.15, -0.1) is 0 Å². The van der Waals surface area contributed by atoms with Crippen LogP contribution in [0, 0.1) is 0 Å². The zero-order valence-corrected chi connectivity index (χ0v) is 12.9. The molecular weight excluding hydrogens is 272 g/mol. The Bertz CT molecular complexity index is 692. The van der Waals surface area contributed by atoms with Gasteiger partial charge in [0.2, 0.25) is 0 Å². The van der Waals surface area contributed by atoms with Crippen LogP contribution in [0.15, 0.2) is 66.4 Å². The van der Waals surface area contributed by atoms with Gasteiger partial charge < -0.3 is 10.2 Å². The Kier molecular flexibility index (Phi) is 3.96. The third kappa shape index (κ3) is 2.75. The van der Waals surface area contributed by atoms with Crippen molar-refractivity contribution >= 4 is 11.5 Å². The lowest BCUT2D eigenvalue weighted by atomic mass is 9.99. The van der Waals surface area contributed by atoms with Crippen LogP contribution in [0.4, 0.5) is 0 Å². The van der Waals surface area contributed by atoms with E-state index in [4.69, 9.17) is 0 Å². The summed E-state index contributed by atoms with van der Waals surface area (Å²) in [5.41, 5.74) is 3.97. The van der Waals surface area contributed by atoms with Crippen molar-refractivity contribution in [2.45, 2.75) is 26.6 Å². The van der Waals surface area contributed by atoms with Crippen molar-refractivity contribution in [2.24, 2.45) is 0 Å². The molecule has 2 aromatic carbocycles. The smallest absolute Gasteiger partial charge is 0.255 e. The Morgan fingerprint density at radius 2 is 1.59 bits per heavy atom. The molecule has 2 aromatic rings. The van der Waals surface area contributed by atoms with Crippen LogP contribution in [0.1, 0.15) is 25.0 Å². The summed E-state index contributed by atoms with van der Waals surface area (Å²) in [5, 5.41) is 3.06. The van der Waals surface area contributed by atoms with E-state index in [0.29, 0.717) is 0 Å². The molecule has 22 heavy (non-hydrogen) atoms.